The van der Waals surface area contributed by atoms with Gasteiger partial charge in [0.2, 0.25) is 0 Å². The van der Waals surface area contributed by atoms with Gasteiger partial charge < -0.3 is 0 Å². The van der Waals surface area contributed by atoms with Crippen LogP contribution in [-0.2, 0) is 0 Å². The van der Waals surface area contributed by atoms with Crippen LogP contribution in [0.3, 0.4) is 0 Å². The van der Waals surface area contributed by atoms with E-state index in [-0.39, 0.29) is 5.82 Å². The van der Waals surface area contributed by atoms with Crippen LogP contribution in [0, 0.1) is 17.7 Å². The average molecular weight is 437 g/mol. The molecule has 0 aromatic heterocycles. The molecule has 2 aromatic carbocycles. The summed E-state index contributed by atoms with van der Waals surface area (Å²) in [6.07, 6.45) is 13.0. The van der Waals surface area contributed by atoms with Crippen LogP contribution in [-0.4, -0.2) is 8.07 Å². The zero-order valence-corrected chi connectivity index (χ0v) is 20.7. The van der Waals surface area contributed by atoms with E-state index < -0.39 is 8.07 Å². The maximum Gasteiger partial charge on any atom is 0.123 e. The standard InChI is InChI=1S/C29H41FSi/c1-3-4-5-20-31(2)21-18-28(19-22-31)26-12-10-24(11-13-26)23-6-8-25(9-7-23)27-14-16-29(30)17-15-27/h6-9,14-17,24,26,28H,3-5,10-13,18-22H2,1-2H3/t24-,26-,28?,31?. The Morgan fingerprint density at radius 3 is 1.87 bits per heavy atom. The highest BCUT2D eigenvalue weighted by atomic mass is 28.3. The van der Waals surface area contributed by atoms with Crippen LogP contribution in [0.5, 0.6) is 0 Å². The molecule has 0 N–H and O–H groups in total. The van der Waals surface area contributed by atoms with Crippen LogP contribution in [0.4, 0.5) is 4.39 Å². The molecule has 0 nitrogen and oxygen atoms in total. The summed E-state index contributed by atoms with van der Waals surface area (Å²) >= 11 is 0. The Bertz CT molecular complexity index is 794. The number of unbranched alkanes of at least 4 members (excludes halogenated alkanes) is 2. The molecule has 1 heterocycles. The van der Waals surface area contributed by atoms with Crippen molar-refractivity contribution in [3.8, 4) is 11.1 Å². The van der Waals surface area contributed by atoms with Gasteiger partial charge in [-0.25, -0.2) is 4.39 Å². The van der Waals surface area contributed by atoms with Crippen LogP contribution >= 0.6 is 0 Å². The molecule has 0 spiro atoms. The third-order valence-electron chi connectivity index (χ3n) is 8.62. The van der Waals surface area contributed by atoms with Crippen LogP contribution in [0.15, 0.2) is 48.5 Å². The smallest absolute Gasteiger partial charge is 0.123 e. The summed E-state index contributed by atoms with van der Waals surface area (Å²) < 4.78 is 13.2. The zero-order valence-electron chi connectivity index (χ0n) is 19.7. The van der Waals surface area contributed by atoms with Gasteiger partial charge in [-0.1, -0.05) is 100 Å². The Balaban J connectivity index is 1.26. The molecule has 1 saturated carbocycles. The van der Waals surface area contributed by atoms with E-state index in [0.29, 0.717) is 0 Å². The summed E-state index contributed by atoms with van der Waals surface area (Å²) in [5.74, 6) is 2.58. The first kappa shape index (κ1) is 22.8. The fourth-order valence-electron chi connectivity index (χ4n) is 6.37. The number of halogens is 1. The van der Waals surface area contributed by atoms with Crippen molar-refractivity contribution in [1.29, 1.82) is 0 Å². The minimum Gasteiger partial charge on any atom is -0.207 e. The Morgan fingerprint density at radius 1 is 0.742 bits per heavy atom. The van der Waals surface area contributed by atoms with E-state index in [1.54, 1.807) is 30.3 Å². The summed E-state index contributed by atoms with van der Waals surface area (Å²) in [5, 5.41) is 0. The molecular weight excluding hydrogens is 395 g/mol. The molecule has 1 aliphatic carbocycles. The number of benzene rings is 2. The molecule has 31 heavy (non-hydrogen) atoms. The SMILES string of the molecule is CCCCC[Si]1(C)CCC([C@H]2CC[C@H](c3ccc(-c4ccc(F)cc4)cc3)CC2)CC1. The molecule has 2 heteroatoms. The van der Waals surface area contributed by atoms with Crippen LogP contribution < -0.4 is 0 Å². The van der Waals surface area contributed by atoms with Gasteiger partial charge in [-0.3, -0.25) is 0 Å². The Morgan fingerprint density at radius 2 is 1.29 bits per heavy atom. The molecule has 0 amide bonds. The van der Waals surface area contributed by atoms with Gasteiger partial charge in [0.15, 0.2) is 0 Å². The Labute approximate surface area is 190 Å². The highest BCUT2D eigenvalue weighted by molar-refractivity contribution is 6.78. The summed E-state index contributed by atoms with van der Waals surface area (Å²) in [7, 11) is -0.903. The van der Waals surface area contributed by atoms with Crippen molar-refractivity contribution >= 4 is 8.07 Å². The van der Waals surface area contributed by atoms with Crippen molar-refractivity contribution in [2.75, 3.05) is 0 Å². The van der Waals surface area contributed by atoms with Gasteiger partial charge in [-0.05, 0) is 72.3 Å². The molecule has 168 valence electrons. The summed E-state index contributed by atoms with van der Waals surface area (Å²) in [6, 6.07) is 20.7. The second kappa shape index (κ2) is 10.5. The Kier molecular flexibility index (Phi) is 7.69. The molecule has 0 radical (unpaired) electrons. The molecule has 1 aliphatic heterocycles. The van der Waals surface area contributed by atoms with E-state index in [1.807, 2.05) is 12.1 Å². The normalized spacial score (nSPS) is 29.1. The lowest BCUT2D eigenvalue weighted by Crippen LogP contribution is -2.37. The first-order chi connectivity index (χ1) is 15.1. The minimum atomic E-state index is -0.903. The van der Waals surface area contributed by atoms with Gasteiger partial charge in [-0.2, -0.15) is 0 Å². The summed E-state index contributed by atoms with van der Waals surface area (Å²) in [5.41, 5.74) is 3.79. The number of hydrogen-bond acceptors (Lipinski definition) is 0. The first-order valence-electron chi connectivity index (χ1n) is 12.9. The molecule has 0 unspecified atom stereocenters. The maximum absolute atomic E-state index is 13.2. The number of rotatable bonds is 7. The van der Waals surface area contributed by atoms with Crippen molar-refractivity contribution in [3.63, 3.8) is 0 Å². The van der Waals surface area contributed by atoms with Gasteiger partial charge in [0, 0.05) is 0 Å². The molecule has 2 fully saturated rings. The highest BCUT2D eigenvalue weighted by Gasteiger charge is 2.36. The van der Waals surface area contributed by atoms with Gasteiger partial charge in [0.1, 0.15) is 5.82 Å². The van der Waals surface area contributed by atoms with Crippen LogP contribution in [0.25, 0.3) is 11.1 Å². The quantitative estimate of drug-likeness (QED) is 0.299. The summed E-state index contributed by atoms with van der Waals surface area (Å²) in [6.45, 7) is 5.03. The van der Waals surface area contributed by atoms with E-state index in [4.69, 9.17) is 0 Å². The molecule has 2 aromatic rings. The van der Waals surface area contributed by atoms with Crippen molar-refractivity contribution in [1.82, 2.24) is 0 Å². The first-order valence-corrected chi connectivity index (χ1v) is 16.0. The zero-order chi connectivity index (χ0) is 21.7. The third kappa shape index (κ3) is 5.89. The second-order valence-corrected chi connectivity index (χ2v) is 16.0. The highest BCUT2D eigenvalue weighted by Crippen LogP contribution is 2.46. The Hall–Kier alpha value is -1.41. The van der Waals surface area contributed by atoms with Crippen molar-refractivity contribution in [2.24, 2.45) is 11.8 Å². The molecule has 0 bridgehead atoms. The lowest BCUT2D eigenvalue weighted by molar-refractivity contribution is 0.215. The van der Waals surface area contributed by atoms with Crippen molar-refractivity contribution in [3.05, 3.63) is 59.9 Å². The van der Waals surface area contributed by atoms with Gasteiger partial charge >= 0.3 is 0 Å². The third-order valence-corrected chi connectivity index (χ3v) is 13.2. The van der Waals surface area contributed by atoms with E-state index in [1.165, 1.54) is 68.9 Å². The van der Waals surface area contributed by atoms with Gasteiger partial charge in [0.05, 0.1) is 8.07 Å². The van der Waals surface area contributed by atoms with Crippen molar-refractivity contribution < 1.29 is 4.39 Å². The van der Waals surface area contributed by atoms with Crippen LogP contribution in [0.2, 0.25) is 24.7 Å². The average Bonchev–Trinajstić information content (AvgIpc) is 2.81. The second-order valence-electron chi connectivity index (χ2n) is 10.8. The van der Waals surface area contributed by atoms with Crippen molar-refractivity contribution in [2.45, 2.75) is 95.3 Å². The monoisotopic (exact) mass is 436 g/mol. The number of hydrogen-bond donors (Lipinski definition) is 0. The van der Waals surface area contributed by atoms with E-state index in [2.05, 4.69) is 37.7 Å². The van der Waals surface area contributed by atoms with Gasteiger partial charge in [0.25, 0.3) is 0 Å². The van der Waals surface area contributed by atoms with E-state index in [0.717, 1.165) is 23.3 Å². The molecule has 2 aliphatic rings. The molecular formula is C29H41FSi. The molecule has 0 atom stereocenters. The summed E-state index contributed by atoms with van der Waals surface area (Å²) in [4.78, 5) is 0. The van der Waals surface area contributed by atoms with E-state index >= 15 is 0 Å². The van der Waals surface area contributed by atoms with Gasteiger partial charge in [-0.15, -0.1) is 0 Å². The van der Waals surface area contributed by atoms with Crippen LogP contribution in [0.1, 0.15) is 76.2 Å². The molecule has 4 rings (SSSR count). The fraction of sp³-hybridized carbons (Fsp3) is 0.586. The maximum atomic E-state index is 13.2. The predicted octanol–water partition coefficient (Wildman–Crippen LogP) is 9.45. The predicted molar refractivity (Wildman–Crippen MR) is 135 cm³/mol. The lowest BCUT2D eigenvalue weighted by atomic mass is 9.72. The molecule has 1 saturated heterocycles. The van der Waals surface area contributed by atoms with E-state index in [9.17, 15) is 4.39 Å². The fourth-order valence-corrected chi connectivity index (χ4v) is 10.4. The lowest BCUT2D eigenvalue weighted by Gasteiger charge is -2.41. The largest absolute Gasteiger partial charge is 0.207 e. The minimum absolute atomic E-state index is 0.168. The topological polar surface area (TPSA) is 0 Å².